The van der Waals surface area contributed by atoms with Crippen LogP contribution in [-0.2, 0) is 24.3 Å². The summed E-state index contributed by atoms with van der Waals surface area (Å²) in [6.07, 6.45) is 0.999. The van der Waals surface area contributed by atoms with Crippen LogP contribution in [0.3, 0.4) is 0 Å². The first-order chi connectivity index (χ1) is 7.78. The SMILES string of the molecule is CCOC(=O)C(N)C(=O)NCCNS(C)(=O)=O. The highest BCUT2D eigenvalue weighted by Crippen LogP contribution is 1.85. The average Bonchev–Trinajstić information content (AvgIpc) is 2.22. The van der Waals surface area contributed by atoms with Crippen molar-refractivity contribution in [2.24, 2.45) is 5.73 Å². The van der Waals surface area contributed by atoms with Crippen molar-refractivity contribution in [1.29, 1.82) is 0 Å². The number of nitrogens with one attached hydrogen (secondary N) is 2. The fourth-order valence-corrected chi connectivity index (χ4v) is 1.34. The Bertz CT molecular complexity index is 367. The lowest BCUT2D eigenvalue weighted by atomic mass is 10.3. The second-order valence-electron chi connectivity index (χ2n) is 3.19. The summed E-state index contributed by atoms with van der Waals surface area (Å²) in [4.78, 5) is 22.3. The molecular formula is C8H17N3O5S. The molecule has 0 aliphatic rings. The number of hydrogen-bond donors (Lipinski definition) is 3. The second kappa shape index (κ2) is 7.20. The van der Waals surface area contributed by atoms with Crippen LogP contribution in [0.5, 0.6) is 0 Å². The van der Waals surface area contributed by atoms with Crippen LogP contribution in [0.15, 0.2) is 0 Å². The zero-order valence-corrected chi connectivity index (χ0v) is 10.5. The minimum absolute atomic E-state index is 0.0279. The van der Waals surface area contributed by atoms with Crippen LogP contribution in [0.25, 0.3) is 0 Å². The maximum absolute atomic E-state index is 11.3. The van der Waals surface area contributed by atoms with Gasteiger partial charge in [0.25, 0.3) is 0 Å². The van der Waals surface area contributed by atoms with Gasteiger partial charge in [0, 0.05) is 13.1 Å². The molecule has 0 radical (unpaired) electrons. The van der Waals surface area contributed by atoms with Gasteiger partial charge in [-0.3, -0.25) is 4.79 Å². The van der Waals surface area contributed by atoms with Crippen molar-refractivity contribution in [1.82, 2.24) is 10.0 Å². The highest BCUT2D eigenvalue weighted by atomic mass is 32.2. The van der Waals surface area contributed by atoms with Crippen LogP contribution < -0.4 is 15.8 Å². The summed E-state index contributed by atoms with van der Waals surface area (Å²) in [6.45, 7) is 1.80. The molecule has 0 aromatic heterocycles. The number of carbonyl (C=O) groups excluding carboxylic acids is 2. The van der Waals surface area contributed by atoms with E-state index in [2.05, 4.69) is 14.8 Å². The van der Waals surface area contributed by atoms with Crippen molar-refractivity contribution in [3.8, 4) is 0 Å². The van der Waals surface area contributed by atoms with E-state index in [4.69, 9.17) is 5.73 Å². The molecule has 9 heteroatoms. The largest absolute Gasteiger partial charge is 0.464 e. The Morgan fingerprint density at radius 1 is 1.35 bits per heavy atom. The third-order valence-electron chi connectivity index (χ3n) is 1.61. The summed E-state index contributed by atoms with van der Waals surface area (Å²) in [6, 6.07) is -1.40. The first kappa shape index (κ1) is 15.8. The molecule has 0 heterocycles. The third-order valence-corrected chi connectivity index (χ3v) is 2.34. The van der Waals surface area contributed by atoms with Gasteiger partial charge in [-0.25, -0.2) is 17.9 Å². The maximum Gasteiger partial charge on any atom is 0.332 e. The summed E-state index contributed by atoms with van der Waals surface area (Å²) in [5, 5.41) is 2.30. The van der Waals surface area contributed by atoms with Crippen LogP contribution in [0, 0.1) is 0 Å². The summed E-state index contributed by atoms with van der Waals surface area (Å²) in [5.41, 5.74) is 5.29. The van der Waals surface area contributed by atoms with Gasteiger partial charge in [-0.05, 0) is 6.92 Å². The Morgan fingerprint density at radius 3 is 2.41 bits per heavy atom. The number of esters is 1. The van der Waals surface area contributed by atoms with Gasteiger partial charge in [-0.1, -0.05) is 0 Å². The van der Waals surface area contributed by atoms with Crippen molar-refractivity contribution >= 4 is 21.9 Å². The Kier molecular flexibility index (Phi) is 6.69. The van der Waals surface area contributed by atoms with Crippen LogP contribution >= 0.6 is 0 Å². The molecule has 0 aliphatic carbocycles. The summed E-state index contributed by atoms with van der Waals surface area (Å²) < 4.78 is 28.1. The van der Waals surface area contributed by atoms with E-state index in [1.807, 2.05) is 0 Å². The van der Waals surface area contributed by atoms with E-state index in [0.717, 1.165) is 6.26 Å². The summed E-state index contributed by atoms with van der Waals surface area (Å²) >= 11 is 0. The van der Waals surface area contributed by atoms with Crippen LogP contribution in [-0.4, -0.2) is 52.3 Å². The molecule has 0 rings (SSSR count). The molecule has 100 valence electrons. The smallest absolute Gasteiger partial charge is 0.332 e. The van der Waals surface area contributed by atoms with Crippen molar-refractivity contribution in [3.63, 3.8) is 0 Å². The van der Waals surface area contributed by atoms with E-state index in [0.29, 0.717) is 0 Å². The predicted molar refractivity (Wildman–Crippen MR) is 60.5 cm³/mol. The van der Waals surface area contributed by atoms with Crippen molar-refractivity contribution < 1.29 is 22.7 Å². The second-order valence-corrected chi connectivity index (χ2v) is 5.02. The Balaban J connectivity index is 3.90. The molecule has 4 N–H and O–H groups in total. The minimum atomic E-state index is -3.29. The number of ether oxygens (including phenoxy) is 1. The average molecular weight is 267 g/mol. The quantitative estimate of drug-likeness (QED) is 0.267. The molecule has 8 nitrogen and oxygen atoms in total. The first-order valence-electron chi connectivity index (χ1n) is 4.92. The van der Waals surface area contributed by atoms with Crippen molar-refractivity contribution in [2.45, 2.75) is 13.0 Å². The van der Waals surface area contributed by atoms with Gasteiger partial charge in [0.2, 0.25) is 15.9 Å². The lowest BCUT2D eigenvalue weighted by Gasteiger charge is -2.11. The lowest BCUT2D eigenvalue weighted by Crippen LogP contribution is -2.48. The molecule has 1 atom stereocenters. The van der Waals surface area contributed by atoms with Gasteiger partial charge in [0.05, 0.1) is 12.9 Å². The number of nitrogens with two attached hydrogens (primary N) is 1. The summed E-state index contributed by atoms with van der Waals surface area (Å²) in [7, 11) is -3.29. The highest BCUT2D eigenvalue weighted by Gasteiger charge is 2.22. The molecule has 1 amide bonds. The molecule has 0 saturated carbocycles. The molecule has 0 fully saturated rings. The molecule has 0 saturated heterocycles. The van der Waals surface area contributed by atoms with Crippen molar-refractivity contribution in [3.05, 3.63) is 0 Å². The Hall–Kier alpha value is -1.19. The van der Waals surface area contributed by atoms with Gasteiger partial charge >= 0.3 is 5.97 Å². The third kappa shape index (κ3) is 7.66. The van der Waals surface area contributed by atoms with Gasteiger partial charge in [-0.2, -0.15) is 0 Å². The molecule has 0 spiro atoms. The van der Waals surface area contributed by atoms with Crippen LogP contribution in [0.2, 0.25) is 0 Å². The molecule has 1 unspecified atom stereocenters. The zero-order chi connectivity index (χ0) is 13.5. The van der Waals surface area contributed by atoms with E-state index in [9.17, 15) is 18.0 Å². The van der Waals surface area contributed by atoms with Crippen LogP contribution in [0.1, 0.15) is 6.92 Å². The summed E-state index contributed by atoms with van der Waals surface area (Å²) in [5.74, 6) is -1.53. The number of carbonyl (C=O) groups is 2. The molecule has 0 aromatic rings. The molecule has 0 bridgehead atoms. The van der Waals surface area contributed by atoms with E-state index in [1.54, 1.807) is 6.92 Å². The minimum Gasteiger partial charge on any atom is -0.464 e. The molecule has 0 aromatic carbocycles. The Labute approximate surface area is 99.9 Å². The van der Waals surface area contributed by atoms with Gasteiger partial charge in [0.1, 0.15) is 0 Å². The number of hydrogen-bond acceptors (Lipinski definition) is 6. The molecular weight excluding hydrogens is 250 g/mol. The lowest BCUT2D eigenvalue weighted by molar-refractivity contribution is -0.147. The van der Waals surface area contributed by atoms with Gasteiger partial charge in [-0.15, -0.1) is 0 Å². The van der Waals surface area contributed by atoms with Crippen LogP contribution in [0.4, 0.5) is 0 Å². The highest BCUT2D eigenvalue weighted by molar-refractivity contribution is 7.88. The Morgan fingerprint density at radius 2 is 1.94 bits per heavy atom. The maximum atomic E-state index is 11.3. The monoisotopic (exact) mass is 267 g/mol. The number of amides is 1. The van der Waals surface area contributed by atoms with E-state index in [-0.39, 0.29) is 19.7 Å². The topological polar surface area (TPSA) is 128 Å². The number of rotatable bonds is 7. The molecule has 0 aliphatic heterocycles. The normalized spacial score (nSPS) is 12.9. The van der Waals surface area contributed by atoms with E-state index >= 15 is 0 Å². The van der Waals surface area contributed by atoms with Gasteiger partial charge in [0.15, 0.2) is 6.04 Å². The first-order valence-corrected chi connectivity index (χ1v) is 6.81. The van der Waals surface area contributed by atoms with E-state index < -0.39 is 27.9 Å². The predicted octanol–water partition coefficient (Wildman–Crippen LogP) is -2.46. The fourth-order valence-electron chi connectivity index (χ4n) is 0.871. The van der Waals surface area contributed by atoms with Crippen molar-refractivity contribution in [2.75, 3.05) is 26.0 Å². The number of sulfonamides is 1. The molecule has 17 heavy (non-hydrogen) atoms. The van der Waals surface area contributed by atoms with E-state index in [1.165, 1.54) is 0 Å². The van der Waals surface area contributed by atoms with Gasteiger partial charge < -0.3 is 15.8 Å². The standard InChI is InChI=1S/C8H17N3O5S/c1-3-16-8(13)6(9)7(12)10-4-5-11-17(2,14)15/h6,11H,3-5,9H2,1-2H3,(H,10,12). The zero-order valence-electron chi connectivity index (χ0n) is 9.73. The fraction of sp³-hybridized carbons (Fsp3) is 0.750.